The molecule has 4 fully saturated rings. The molecule has 3 aromatic heterocycles. The highest BCUT2D eigenvalue weighted by Crippen LogP contribution is 2.39. The van der Waals surface area contributed by atoms with E-state index in [0.29, 0.717) is 36.6 Å². The van der Waals surface area contributed by atoms with Gasteiger partial charge in [-0.15, -0.1) is 0 Å². The molecule has 15 nitrogen and oxygen atoms in total. The van der Waals surface area contributed by atoms with Crippen molar-refractivity contribution >= 4 is 56.2 Å². The molecule has 4 amide bonds. The number of nitrogens with one attached hydrogen (secondary N) is 3. The number of morpholine rings is 1. The number of aliphatic hydroxyl groups excluding tert-OH is 1. The van der Waals surface area contributed by atoms with Gasteiger partial charge in [-0.3, -0.25) is 34.1 Å². The number of thiazole rings is 1. The van der Waals surface area contributed by atoms with Crippen LogP contribution in [-0.4, -0.2) is 111 Å². The Morgan fingerprint density at radius 3 is 2.45 bits per heavy atom. The molecule has 2 saturated heterocycles. The zero-order valence-corrected chi connectivity index (χ0v) is 34.3. The molecule has 2 saturated carbocycles. The predicted octanol–water partition coefficient (Wildman–Crippen LogP) is 5.56. The summed E-state index contributed by atoms with van der Waals surface area (Å²) in [4.78, 5) is 57.7. The summed E-state index contributed by atoms with van der Waals surface area (Å²) in [5.41, 5.74) is 1.47. The van der Waals surface area contributed by atoms with Crippen LogP contribution in [0.3, 0.4) is 0 Å². The summed E-state index contributed by atoms with van der Waals surface area (Å²) in [6, 6.07) is 8.39. The summed E-state index contributed by atoms with van der Waals surface area (Å²) in [5.74, 6) is -1.59. The Morgan fingerprint density at radius 1 is 0.950 bits per heavy atom. The van der Waals surface area contributed by atoms with E-state index < -0.39 is 42.3 Å². The number of halogens is 2. The molecule has 6 heterocycles. The molecule has 320 valence electrons. The van der Waals surface area contributed by atoms with E-state index >= 15 is 0 Å². The second-order valence-corrected chi connectivity index (χ2v) is 17.9. The number of piperidine rings is 1. The molecular formula is C42H51F2N9O6S. The van der Waals surface area contributed by atoms with Crippen LogP contribution in [0.15, 0.2) is 42.7 Å². The lowest BCUT2D eigenvalue weighted by Crippen LogP contribution is -2.54. The molecule has 1 aromatic carbocycles. The zero-order chi connectivity index (χ0) is 41.7. The fourth-order valence-electron chi connectivity index (χ4n) is 9.81. The number of carbonyl (C=O) groups is 4. The second-order valence-electron chi connectivity index (χ2n) is 16.8. The summed E-state index contributed by atoms with van der Waals surface area (Å²) >= 11 is 1.62. The van der Waals surface area contributed by atoms with Crippen LogP contribution in [0.2, 0.25) is 0 Å². The van der Waals surface area contributed by atoms with Gasteiger partial charge in [-0.25, -0.2) is 8.78 Å². The van der Waals surface area contributed by atoms with E-state index in [1.165, 1.54) is 0 Å². The van der Waals surface area contributed by atoms with Gasteiger partial charge in [0.2, 0.25) is 11.8 Å². The molecule has 3 aliphatic heterocycles. The van der Waals surface area contributed by atoms with Gasteiger partial charge >= 0.3 is 0 Å². The molecule has 0 spiro atoms. The molecule has 60 heavy (non-hydrogen) atoms. The van der Waals surface area contributed by atoms with Crippen LogP contribution in [0.1, 0.15) is 115 Å². The number of ether oxygens (including phenoxy) is 1. The number of hydrogen-bond donors (Lipinski definition) is 4. The van der Waals surface area contributed by atoms with Crippen molar-refractivity contribution in [2.75, 3.05) is 55.4 Å². The number of rotatable bonds is 12. The van der Waals surface area contributed by atoms with E-state index in [2.05, 4.69) is 37.9 Å². The Kier molecular flexibility index (Phi) is 11.4. The Hall–Kier alpha value is -4.91. The molecule has 2 aliphatic carbocycles. The van der Waals surface area contributed by atoms with Crippen LogP contribution in [-0.2, 0) is 14.3 Å². The molecule has 2 atom stereocenters. The average molecular weight is 848 g/mol. The molecule has 4 N–H and O–H groups in total. The summed E-state index contributed by atoms with van der Waals surface area (Å²) < 4.78 is 37.6. The first-order chi connectivity index (χ1) is 29.0. The maximum absolute atomic E-state index is 14.3. The third-order valence-electron chi connectivity index (χ3n) is 13.1. The van der Waals surface area contributed by atoms with Crippen LogP contribution in [0, 0.1) is 5.92 Å². The molecule has 18 heteroatoms. The van der Waals surface area contributed by atoms with E-state index in [4.69, 9.17) is 4.74 Å². The monoisotopic (exact) mass is 847 g/mol. The number of aromatic nitrogens is 3. The maximum atomic E-state index is 14.3. The van der Waals surface area contributed by atoms with E-state index in [9.17, 15) is 33.1 Å². The van der Waals surface area contributed by atoms with Crippen molar-refractivity contribution in [2.45, 2.75) is 101 Å². The molecule has 0 radical (unpaired) electrons. The molecule has 0 bridgehead atoms. The van der Waals surface area contributed by atoms with E-state index in [-0.39, 0.29) is 47.4 Å². The van der Waals surface area contributed by atoms with Crippen molar-refractivity contribution in [3.8, 4) is 0 Å². The zero-order valence-electron chi connectivity index (χ0n) is 33.5. The van der Waals surface area contributed by atoms with Crippen LogP contribution in [0.5, 0.6) is 0 Å². The van der Waals surface area contributed by atoms with Gasteiger partial charge in [-0.05, 0) is 95.0 Å². The first-order valence-corrected chi connectivity index (χ1v) is 21.9. The van der Waals surface area contributed by atoms with Gasteiger partial charge in [0, 0.05) is 56.2 Å². The predicted molar refractivity (Wildman–Crippen MR) is 220 cm³/mol. The summed E-state index contributed by atoms with van der Waals surface area (Å²) in [6.07, 6.45) is 7.04. The minimum Gasteiger partial charge on any atom is -0.382 e. The molecule has 5 aliphatic rings. The lowest BCUT2D eigenvalue weighted by molar-refractivity contribution is -0.136. The molecule has 4 aromatic rings. The van der Waals surface area contributed by atoms with Crippen LogP contribution in [0.4, 0.5) is 25.2 Å². The second kappa shape index (κ2) is 16.9. The molecular weight excluding hydrogens is 797 g/mol. The van der Waals surface area contributed by atoms with Crippen molar-refractivity contribution in [1.82, 2.24) is 29.3 Å². The highest BCUT2D eigenvalue weighted by Gasteiger charge is 2.46. The van der Waals surface area contributed by atoms with Crippen molar-refractivity contribution in [3.63, 3.8) is 0 Å². The van der Waals surface area contributed by atoms with Gasteiger partial charge in [-0.2, -0.15) is 5.10 Å². The summed E-state index contributed by atoms with van der Waals surface area (Å²) in [5, 5.41) is 25.4. The number of imide groups is 2. The van der Waals surface area contributed by atoms with E-state index in [1.807, 2.05) is 22.7 Å². The van der Waals surface area contributed by atoms with Gasteiger partial charge in [0.25, 0.3) is 18.2 Å². The Bertz CT molecular complexity index is 2260. The minimum absolute atomic E-state index is 0.0102. The Labute approximate surface area is 350 Å². The number of nitrogens with zero attached hydrogens (tertiary/aromatic N) is 6. The number of fused-ring (bicyclic) bond motifs is 2. The average Bonchev–Trinajstić information content (AvgIpc) is 4.02. The SMILES string of the molecule is CN(CC1CCC(n2cc(NC(O)c3ccc4sc(N5CCOCC5)cn34)c(C(F)F)n2)CC1)C1CCC(Nc2cccc3c2C(=O)N(C2CCC(=O)NC2=O)C3=O)CC1. The number of anilines is 3. The first-order valence-electron chi connectivity index (χ1n) is 21.1. The first kappa shape index (κ1) is 40.5. The molecule has 9 rings (SSSR count). The van der Waals surface area contributed by atoms with E-state index in [0.717, 1.165) is 85.7 Å². The molecule has 2 unspecified atom stereocenters. The number of alkyl halides is 2. The van der Waals surface area contributed by atoms with Crippen molar-refractivity contribution in [3.05, 3.63) is 65.2 Å². The van der Waals surface area contributed by atoms with Gasteiger partial charge in [0.15, 0.2) is 11.9 Å². The van der Waals surface area contributed by atoms with Gasteiger partial charge < -0.3 is 34.7 Å². The van der Waals surface area contributed by atoms with Crippen LogP contribution < -0.4 is 20.9 Å². The number of aliphatic hydroxyl groups is 1. The highest BCUT2D eigenvalue weighted by atomic mass is 32.1. The Balaban J connectivity index is 0.761. The third-order valence-corrected chi connectivity index (χ3v) is 14.2. The van der Waals surface area contributed by atoms with Crippen molar-refractivity contribution in [2.24, 2.45) is 5.92 Å². The number of carbonyl (C=O) groups excluding carboxylic acids is 4. The maximum Gasteiger partial charge on any atom is 0.284 e. The lowest BCUT2D eigenvalue weighted by atomic mass is 9.84. The Morgan fingerprint density at radius 2 is 1.72 bits per heavy atom. The third kappa shape index (κ3) is 7.89. The van der Waals surface area contributed by atoms with Crippen LogP contribution in [0.25, 0.3) is 4.83 Å². The number of amides is 4. The normalized spacial score (nSPS) is 25.7. The van der Waals surface area contributed by atoms with E-state index in [1.54, 1.807) is 40.4 Å². The smallest absolute Gasteiger partial charge is 0.284 e. The fourth-order valence-corrected chi connectivity index (χ4v) is 10.9. The topological polar surface area (TPSA) is 166 Å². The van der Waals surface area contributed by atoms with Crippen molar-refractivity contribution < 1.29 is 37.8 Å². The number of hydrogen-bond acceptors (Lipinski definition) is 12. The summed E-state index contributed by atoms with van der Waals surface area (Å²) in [7, 11) is 2.17. The largest absolute Gasteiger partial charge is 0.382 e. The van der Waals surface area contributed by atoms with Crippen LogP contribution >= 0.6 is 11.3 Å². The van der Waals surface area contributed by atoms with Crippen molar-refractivity contribution in [1.29, 1.82) is 0 Å². The quantitative estimate of drug-likeness (QED) is 0.104. The minimum atomic E-state index is -2.80. The standard InChI is InChI=1S/C42H51F2N9O6S/c1-49(26-11-7-25(8-12-26)45-29-4-2-3-28-36(29)42(58)53(41(28)57)32-13-15-33(54)47-40(32)56)21-24-5-9-27(10-6-24)52-22-30(37(48-52)38(43)44)46-39(55)31-14-16-34-51(31)23-35(60-34)50-17-19-59-20-18-50/h2-4,14,16,22-27,32,38-39,45-46,55H,5-13,15,17-21H2,1H3,(H,47,54,56). The fraction of sp³-hybridized carbons (Fsp3) is 0.548. The van der Waals surface area contributed by atoms with Gasteiger partial charge in [0.1, 0.15) is 15.9 Å². The number of benzene rings is 1. The summed E-state index contributed by atoms with van der Waals surface area (Å²) in [6.45, 7) is 3.86. The highest BCUT2D eigenvalue weighted by molar-refractivity contribution is 7.21. The van der Waals surface area contributed by atoms with Gasteiger partial charge in [0.05, 0.1) is 41.8 Å². The van der Waals surface area contributed by atoms with Gasteiger partial charge in [-0.1, -0.05) is 17.4 Å². The lowest BCUT2D eigenvalue weighted by Gasteiger charge is -2.38.